The van der Waals surface area contributed by atoms with Crippen molar-refractivity contribution >= 4 is 37.8 Å². The largest absolute Gasteiger partial charge is 0.335 e. The van der Waals surface area contributed by atoms with Gasteiger partial charge in [-0.3, -0.25) is 4.79 Å². The highest BCUT2D eigenvalue weighted by Gasteiger charge is 2.31. The average Bonchev–Trinajstić information content (AvgIpc) is 2.77. The van der Waals surface area contributed by atoms with Crippen molar-refractivity contribution in [3.8, 4) is 0 Å². The van der Waals surface area contributed by atoms with E-state index in [4.69, 9.17) is 0 Å². The SMILES string of the molecule is CC(C)C1CCCN1C(=O)c1ccc(Br)cc1Br. The van der Waals surface area contributed by atoms with E-state index in [0.717, 1.165) is 33.9 Å². The lowest BCUT2D eigenvalue weighted by molar-refractivity contribution is 0.0700. The van der Waals surface area contributed by atoms with Gasteiger partial charge in [0, 0.05) is 21.5 Å². The monoisotopic (exact) mass is 373 g/mol. The van der Waals surface area contributed by atoms with Crippen LogP contribution in [0.1, 0.15) is 37.0 Å². The van der Waals surface area contributed by atoms with Gasteiger partial charge >= 0.3 is 0 Å². The summed E-state index contributed by atoms with van der Waals surface area (Å²) >= 11 is 6.88. The first-order valence-corrected chi connectivity index (χ1v) is 7.85. The number of carbonyl (C=O) groups is 1. The topological polar surface area (TPSA) is 20.3 Å². The summed E-state index contributed by atoms with van der Waals surface area (Å²) in [5.41, 5.74) is 0.755. The smallest absolute Gasteiger partial charge is 0.255 e. The molecule has 4 heteroatoms. The van der Waals surface area contributed by atoms with Crippen molar-refractivity contribution < 1.29 is 4.79 Å². The first-order chi connectivity index (χ1) is 8.50. The Morgan fingerprint density at radius 3 is 2.72 bits per heavy atom. The van der Waals surface area contributed by atoms with E-state index in [0.29, 0.717) is 12.0 Å². The minimum Gasteiger partial charge on any atom is -0.335 e. The molecule has 0 saturated carbocycles. The maximum atomic E-state index is 12.6. The third kappa shape index (κ3) is 2.80. The van der Waals surface area contributed by atoms with Gasteiger partial charge in [0.05, 0.1) is 5.56 Å². The predicted molar refractivity (Wildman–Crippen MR) is 80.7 cm³/mol. The molecule has 0 aliphatic carbocycles. The lowest BCUT2D eigenvalue weighted by Gasteiger charge is -2.28. The summed E-state index contributed by atoms with van der Waals surface area (Å²) < 4.78 is 1.84. The van der Waals surface area contributed by atoms with Crippen LogP contribution in [0, 0.1) is 5.92 Å². The van der Waals surface area contributed by atoms with E-state index in [9.17, 15) is 4.79 Å². The Labute approximate surface area is 125 Å². The quantitative estimate of drug-likeness (QED) is 0.747. The van der Waals surface area contributed by atoms with Crippen molar-refractivity contribution in [2.45, 2.75) is 32.7 Å². The standard InChI is InChI=1S/C14H17Br2NO/c1-9(2)13-4-3-7-17(13)14(18)11-6-5-10(15)8-12(11)16/h5-6,8-9,13H,3-4,7H2,1-2H3. The zero-order valence-electron chi connectivity index (χ0n) is 10.6. The van der Waals surface area contributed by atoms with Crippen LogP contribution in [0.5, 0.6) is 0 Å². The third-order valence-electron chi connectivity index (χ3n) is 3.49. The van der Waals surface area contributed by atoms with Crippen LogP contribution in [0.15, 0.2) is 27.1 Å². The van der Waals surface area contributed by atoms with E-state index in [1.807, 2.05) is 23.1 Å². The number of hydrogen-bond donors (Lipinski definition) is 0. The van der Waals surface area contributed by atoms with Crippen molar-refractivity contribution in [2.75, 3.05) is 6.54 Å². The van der Waals surface area contributed by atoms with Crippen LogP contribution in [-0.2, 0) is 0 Å². The summed E-state index contributed by atoms with van der Waals surface area (Å²) in [4.78, 5) is 14.6. The minimum atomic E-state index is 0.144. The van der Waals surface area contributed by atoms with E-state index >= 15 is 0 Å². The summed E-state index contributed by atoms with van der Waals surface area (Å²) in [5, 5.41) is 0. The highest BCUT2D eigenvalue weighted by Crippen LogP contribution is 2.29. The fraction of sp³-hybridized carbons (Fsp3) is 0.500. The van der Waals surface area contributed by atoms with Gasteiger partial charge in [-0.15, -0.1) is 0 Å². The van der Waals surface area contributed by atoms with Crippen LogP contribution in [0.2, 0.25) is 0 Å². The van der Waals surface area contributed by atoms with Crippen LogP contribution in [0.4, 0.5) is 0 Å². The zero-order valence-corrected chi connectivity index (χ0v) is 13.8. The Kier molecular flexibility index (Phi) is 4.49. The number of nitrogens with zero attached hydrogens (tertiary/aromatic N) is 1. The molecular weight excluding hydrogens is 358 g/mol. The van der Waals surface area contributed by atoms with Gasteiger partial charge in [0.1, 0.15) is 0 Å². The number of halogens is 2. The highest BCUT2D eigenvalue weighted by atomic mass is 79.9. The fourth-order valence-corrected chi connectivity index (χ4v) is 3.77. The van der Waals surface area contributed by atoms with Gasteiger partial charge in [-0.05, 0) is 52.9 Å². The molecule has 0 spiro atoms. The number of benzene rings is 1. The van der Waals surface area contributed by atoms with E-state index in [1.165, 1.54) is 0 Å². The van der Waals surface area contributed by atoms with E-state index in [2.05, 4.69) is 45.7 Å². The number of likely N-dealkylation sites (tertiary alicyclic amines) is 1. The molecule has 0 bridgehead atoms. The molecule has 1 aliphatic rings. The van der Waals surface area contributed by atoms with Crippen LogP contribution < -0.4 is 0 Å². The second-order valence-corrected chi connectivity index (χ2v) is 6.85. The molecule has 1 fully saturated rings. The summed E-state index contributed by atoms with van der Waals surface area (Å²) in [6.45, 7) is 5.25. The van der Waals surface area contributed by atoms with Gasteiger partial charge < -0.3 is 4.90 Å². The second kappa shape index (κ2) is 5.74. The van der Waals surface area contributed by atoms with Crippen LogP contribution in [0.25, 0.3) is 0 Å². The van der Waals surface area contributed by atoms with Crippen molar-refractivity contribution in [3.63, 3.8) is 0 Å². The van der Waals surface area contributed by atoms with Gasteiger partial charge in [-0.1, -0.05) is 29.8 Å². The van der Waals surface area contributed by atoms with Crippen molar-refractivity contribution in [1.82, 2.24) is 4.90 Å². The van der Waals surface area contributed by atoms with Crippen LogP contribution >= 0.6 is 31.9 Å². The summed E-state index contributed by atoms with van der Waals surface area (Å²) in [6, 6.07) is 6.10. The van der Waals surface area contributed by atoms with E-state index in [-0.39, 0.29) is 5.91 Å². The summed E-state index contributed by atoms with van der Waals surface area (Å²) in [5.74, 6) is 0.663. The van der Waals surface area contributed by atoms with Gasteiger partial charge in [0.15, 0.2) is 0 Å². The van der Waals surface area contributed by atoms with Crippen molar-refractivity contribution in [1.29, 1.82) is 0 Å². The molecule has 18 heavy (non-hydrogen) atoms. The van der Waals surface area contributed by atoms with E-state index in [1.54, 1.807) is 0 Å². The summed E-state index contributed by atoms with van der Waals surface area (Å²) in [6.07, 6.45) is 2.24. The van der Waals surface area contributed by atoms with Gasteiger partial charge in [0.25, 0.3) is 5.91 Å². The van der Waals surface area contributed by atoms with Gasteiger partial charge in [0.2, 0.25) is 0 Å². The van der Waals surface area contributed by atoms with Crippen molar-refractivity contribution in [3.05, 3.63) is 32.7 Å². The predicted octanol–water partition coefficient (Wildman–Crippen LogP) is 4.47. The third-order valence-corrected chi connectivity index (χ3v) is 4.64. The second-order valence-electron chi connectivity index (χ2n) is 5.08. The molecule has 1 aromatic carbocycles. The molecule has 2 nitrogen and oxygen atoms in total. The van der Waals surface area contributed by atoms with Crippen LogP contribution in [-0.4, -0.2) is 23.4 Å². The molecule has 1 aromatic rings. The molecule has 1 heterocycles. The Morgan fingerprint density at radius 1 is 1.39 bits per heavy atom. The molecule has 1 atom stereocenters. The van der Waals surface area contributed by atoms with Gasteiger partial charge in [-0.2, -0.15) is 0 Å². The number of amides is 1. The molecule has 2 rings (SSSR count). The van der Waals surface area contributed by atoms with Crippen LogP contribution in [0.3, 0.4) is 0 Å². The number of hydrogen-bond acceptors (Lipinski definition) is 1. The molecule has 1 aliphatic heterocycles. The maximum Gasteiger partial charge on any atom is 0.255 e. The fourth-order valence-electron chi connectivity index (χ4n) is 2.56. The maximum absolute atomic E-state index is 12.6. The molecule has 1 saturated heterocycles. The average molecular weight is 375 g/mol. The Bertz CT molecular complexity index is 459. The Balaban J connectivity index is 2.25. The molecule has 0 radical (unpaired) electrons. The first-order valence-electron chi connectivity index (χ1n) is 6.26. The first kappa shape index (κ1) is 14.1. The Hall–Kier alpha value is -0.350. The highest BCUT2D eigenvalue weighted by molar-refractivity contribution is 9.11. The Morgan fingerprint density at radius 2 is 2.11 bits per heavy atom. The molecule has 0 N–H and O–H groups in total. The molecular formula is C14H17Br2NO. The molecule has 98 valence electrons. The lowest BCUT2D eigenvalue weighted by atomic mass is 10.0. The zero-order chi connectivity index (χ0) is 13.3. The molecule has 0 aromatic heterocycles. The minimum absolute atomic E-state index is 0.144. The van der Waals surface area contributed by atoms with Gasteiger partial charge in [-0.25, -0.2) is 0 Å². The number of rotatable bonds is 2. The van der Waals surface area contributed by atoms with E-state index < -0.39 is 0 Å². The molecule has 1 unspecified atom stereocenters. The normalized spacial score (nSPS) is 19.6. The van der Waals surface area contributed by atoms with Crippen molar-refractivity contribution in [2.24, 2.45) is 5.92 Å². The summed E-state index contributed by atoms with van der Waals surface area (Å²) in [7, 11) is 0. The molecule has 1 amide bonds. The number of carbonyl (C=O) groups excluding carboxylic acids is 1. The lowest BCUT2D eigenvalue weighted by Crippen LogP contribution is -2.38.